The number of amides is 1. The molecule has 1 aliphatic heterocycles. The number of primary amides is 1. The molecule has 0 aliphatic carbocycles. The Bertz CT molecular complexity index is 959. The predicted octanol–water partition coefficient (Wildman–Crippen LogP) is 3.07. The third-order valence-electron chi connectivity index (χ3n) is 4.68. The maximum atomic E-state index is 11.2. The number of fused-ring (bicyclic) bond motifs is 1. The predicted molar refractivity (Wildman–Crippen MR) is 105 cm³/mol. The summed E-state index contributed by atoms with van der Waals surface area (Å²) in [7, 11) is 0. The summed E-state index contributed by atoms with van der Waals surface area (Å²) < 4.78 is 12.6. The van der Waals surface area contributed by atoms with Crippen molar-refractivity contribution < 1.29 is 14.3 Å². The lowest BCUT2D eigenvalue weighted by Gasteiger charge is -2.25. The molecule has 1 saturated heterocycles. The van der Waals surface area contributed by atoms with Crippen molar-refractivity contribution in [1.29, 1.82) is 0 Å². The summed E-state index contributed by atoms with van der Waals surface area (Å²) in [6.07, 6.45) is 1.00. The molecule has 7 nitrogen and oxygen atoms in total. The summed E-state index contributed by atoms with van der Waals surface area (Å²) in [5.41, 5.74) is 8.29. The number of nitrogens with zero attached hydrogens (tertiary/aromatic N) is 3. The number of aryl methyl sites for hydroxylation is 1. The summed E-state index contributed by atoms with van der Waals surface area (Å²) in [6.45, 7) is 7.10. The van der Waals surface area contributed by atoms with E-state index >= 15 is 0 Å². The molecule has 0 bridgehead atoms. The van der Waals surface area contributed by atoms with Crippen molar-refractivity contribution in [3.05, 3.63) is 35.5 Å². The second kappa shape index (κ2) is 7.67. The first kappa shape index (κ1) is 18.0. The Morgan fingerprint density at radius 1 is 1.37 bits per heavy atom. The highest BCUT2D eigenvalue weighted by Gasteiger charge is 2.15. The van der Waals surface area contributed by atoms with Crippen LogP contribution < -0.4 is 10.5 Å². The molecule has 3 aromatic rings. The van der Waals surface area contributed by atoms with Gasteiger partial charge in [0, 0.05) is 48.7 Å². The number of hydrogen-bond donors (Lipinski definition) is 1. The summed E-state index contributed by atoms with van der Waals surface area (Å²) in [6, 6.07) is 6.10. The first-order chi connectivity index (χ1) is 13.1. The molecular formula is C19H22N4O3S. The maximum absolute atomic E-state index is 11.2. The van der Waals surface area contributed by atoms with Gasteiger partial charge in [0.05, 0.1) is 24.4 Å². The Labute approximate surface area is 161 Å². The van der Waals surface area contributed by atoms with Gasteiger partial charge >= 0.3 is 6.09 Å². The molecule has 3 heterocycles. The molecule has 142 valence electrons. The largest absolute Gasteiger partial charge is 0.410 e. The van der Waals surface area contributed by atoms with Gasteiger partial charge in [-0.15, -0.1) is 11.3 Å². The molecular weight excluding hydrogens is 364 g/mol. The van der Waals surface area contributed by atoms with Gasteiger partial charge in [0.25, 0.3) is 0 Å². The minimum atomic E-state index is -0.808. The first-order valence-electron chi connectivity index (χ1n) is 8.99. The second-order valence-electron chi connectivity index (χ2n) is 6.46. The fraction of sp³-hybridized carbons (Fsp3) is 0.368. The van der Waals surface area contributed by atoms with Gasteiger partial charge in [-0.05, 0) is 25.1 Å². The average molecular weight is 386 g/mol. The monoisotopic (exact) mass is 386 g/mol. The summed E-state index contributed by atoms with van der Waals surface area (Å²) in [4.78, 5) is 18.4. The fourth-order valence-corrected chi connectivity index (χ4v) is 4.16. The van der Waals surface area contributed by atoms with Gasteiger partial charge in [-0.1, -0.05) is 0 Å². The van der Waals surface area contributed by atoms with Crippen LogP contribution in [0.4, 0.5) is 4.79 Å². The van der Waals surface area contributed by atoms with E-state index in [1.165, 1.54) is 0 Å². The van der Waals surface area contributed by atoms with Crippen molar-refractivity contribution in [2.75, 3.05) is 26.3 Å². The smallest absolute Gasteiger partial charge is 0.408 e. The number of carbonyl (C=O) groups is 1. The van der Waals surface area contributed by atoms with Gasteiger partial charge in [0.15, 0.2) is 5.75 Å². The second-order valence-corrected chi connectivity index (χ2v) is 7.32. The van der Waals surface area contributed by atoms with Gasteiger partial charge in [-0.25, -0.2) is 9.78 Å². The quantitative estimate of drug-likeness (QED) is 0.729. The normalized spacial score (nSPS) is 15.3. The third-order valence-corrected chi connectivity index (χ3v) is 5.62. The van der Waals surface area contributed by atoms with Crippen molar-refractivity contribution in [3.8, 4) is 16.3 Å². The number of hydrogen-bond acceptors (Lipinski definition) is 6. The number of aromatic nitrogens is 2. The van der Waals surface area contributed by atoms with Crippen LogP contribution in [0.3, 0.4) is 0 Å². The number of nitrogens with two attached hydrogens (primary N) is 1. The Morgan fingerprint density at radius 2 is 2.19 bits per heavy atom. The van der Waals surface area contributed by atoms with E-state index in [9.17, 15) is 4.79 Å². The van der Waals surface area contributed by atoms with E-state index in [0.29, 0.717) is 5.75 Å². The van der Waals surface area contributed by atoms with Crippen LogP contribution in [0.25, 0.3) is 21.5 Å². The molecule has 8 heteroatoms. The standard InChI is InChI=1S/C19H22N4O3S/c1-2-23-11-17(26-19(20)24)15-9-13(3-4-16(15)23)18-21-14(12-27-18)10-22-5-7-25-8-6-22/h3-4,9,11-12H,2,5-8,10H2,1H3,(H2,20,24). The zero-order chi connectivity index (χ0) is 18.8. The van der Waals surface area contributed by atoms with Crippen molar-refractivity contribution in [1.82, 2.24) is 14.5 Å². The van der Waals surface area contributed by atoms with E-state index in [4.69, 9.17) is 20.2 Å². The highest BCUT2D eigenvalue weighted by Crippen LogP contribution is 2.33. The molecule has 0 radical (unpaired) electrons. The van der Waals surface area contributed by atoms with E-state index in [1.54, 1.807) is 11.3 Å². The summed E-state index contributed by atoms with van der Waals surface area (Å²) in [5, 5.41) is 3.92. The van der Waals surface area contributed by atoms with Gasteiger partial charge in [0.2, 0.25) is 0 Å². The van der Waals surface area contributed by atoms with E-state index in [2.05, 4.69) is 16.3 Å². The number of rotatable bonds is 5. The number of ether oxygens (including phenoxy) is 2. The lowest BCUT2D eigenvalue weighted by atomic mass is 10.1. The van der Waals surface area contributed by atoms with Gasteiger partial charge in [-0.2, -0.15) is 0 Å². The topological polar surface area (TPSA) is 82.6 Å². The van der Waals surface area contributed by atoms with Gasteiger partial charge in [-0.3, -0.25) is 4.90 Å². The van der Waals surface area contributed by atoms with Crippen LogP contribution >= 0.6 is 11.3 Å². The van der Waals surface area contributed by atoms with Crippen LogP contribution in [0.15, 0.2) is 29.8 Å². The van der Waals surface area contributed by atoms with Crippen molar-refractivity contribution in [2.24, 2.45) is 5.73 Å². The summed E-state index contributed by atoms with van der Waals surface area (Å²) >= 11 is 1.62. The number of benzene rings is 1. The molecule has 2 aromatic heterocycles. The van der Waals surface area contributed by atoms with E-state index in [-0.39, 0.29) is 0 Å². The first-order valence-corrected chi connectivity index (χ1v) is 9.87. The fourth-order valence-electron chi connectivity index (χ4n) is 3.35. The minimum absolute atomic E-state index is 0.478. The lowest BCUT2D eigenvalue weighted by Crippen LogP contribution is -2.35. The molecule has 0 saturated carbocycles. The maximum Gasteiger partial charge on any atom is 0.410 e. The molecule has 0 spiro atoms. The Hall–Kier alpha value is -2.42. The van der Waals surface area contributed by atoms with Crippen molar-refractivity contribution in [2.45, 2.75) is 20.0 Å². The van der Waals surface area contributed by atoms with E-state index < -0.39 is 6.09 Å². The summed E-state index contributed by atoms with van der Waals surface area (Å²) in [5.74, 6) is 0.478. The molecule has 1 fully saturated rings. The van der Waals surface area contributed by atoms with Crippen LogP contribution in [-0.2, 0) is 17.8 Å². The zero-order valence-electron chi connectivity index (χ0n) is 15.2. The molecule has 0 atom stereocenters. The highest BCUT2D eigenvalue weighted by molar-refractivity contribution is 7.13. The van der Waals surface area contributed by atoms with E-state index in [0.717, 1.165) is 66.6 Å². The average Bonchev–Trinajstić information content (AvgIpc) is 3.27. The molecule has 1 amide bonds. The zero-order valence-corrected chi connectivity index (χ0v) is 16.0. The van der Waals surface area contributed by atoms with Crippen molar-refractivity contribution >= 4 is 28.3 Å². The van der Waals surface area contributed by atoms with Crippen LogP contribution in [0.2, 0.25) is 0 Å². The lowest BCUT2D eigenvalue weighted by molar-refractivity contribution is 0.0337. The Kier molecular flexibility index (Phi) is 5.11. The van der Waals surface area contributed by atoms with Crippen LogP contribution in [0, 0.1) is 0 Å². The van der Waals surface area contributed by atoms with Gasteiger partial charge < -0.3 is 19.8 Å². The third kappa shape index (κ3) is 3.83. The molecule has 27 heavy (non-hydrogen) atoms. The van der Waals surface area contributed by atoms with E-state index in [1.807, 2.05) is 29.8 Å². The molecule has 1 aromatic carbocycles. The molecule has 4 rings (SSSR count). The number of carbonyl (C=O) groups excluding carboxylic acids is 1. The SMILES string of the molecule is CCn1cc(OC(N)=O)c2cc(-c3nc(CN4CCOCC4)cs3)ccc21. The van der Waals surface area contributed by atoms with Gasteiger partial charge in [0.1, 0.15) is 5.01 Å². The van der Waals surface area contributed by atoms with Crippen LogP contribution in [0.1, 0.15) is 12.6 Å². The Balaban J connectivity index is 1.62. The van der Waals surface area contributed by atoms with Crippen molar-refractivity contribution in [3.63, 3.8) is 0 Å². The highest BCUT2D eigenvalue weighted by atomic mass is 32.1. The molecule has 0 unspecified atom stereocenters. The van der Waals surface area contributed by atoms with Crippen LogP contribution in [-0.4, -0.2) is 46.8 Å². The van der Waals surface area contributed by atoms with Crippen LogP contribution in [0.5, 0.6) is 5.75 Å². The number of thiazole rings is 1. The Morgan fingerprint density at radius 3 is 2.93 bits per heavy atom. The molecule has 2 N–H and O–H groups in total. The minimum Gasteiger partial charge on any atom is -0.408 e. The molecule has 1 aliphatic rings. The number of morpholine rings is 1.